The normalized spacial score (nSPS) is 11.1. The molecule has 24 heavy (non-hydrogen) atoms. The van der Waals surface area contributed by atoms with Gasteiger partial charge in [0.2, 0.25) is 15.9 Å². The van der Waals surface area contributed by atoms with Crippen LogP contribution in [0.2, 0.25) is 5.02 Å². The summed E-state index contributed by atoms with van der Waals surface area (Å²) < 4.78 is 25.1. The standard InChI is InChI=1S/C16H18ClN3O3S/c1-24(22,23)20(15-4-2-3-14(17)11-15)10-7-16(21)19-12-13-5-8-18-9-6-13/h2-6,8-9,11H,7,10,12H2,1H3,(H,19,21). The summed E-state index contributed by atoms with van der Waals surface area (Å²) in [5.41, 5.74) is 1.36. The van der Waals surface area contributed by atoms with Crippen LogP contribution < -0.4 is 9.62 Å². The van der Waals surface area contributed by atoms with Crippen LogP contribution in [0.4, 0.5) is 5.69 Å². The van der Waals surface area contributed by atoms with Crippen LogP contribution in [0.1, 0.15) is 12.0 Å². The van der Waals surface area contributed by atoms with Gasteiger partial charge in [0.15, 0.2) is 0 Å². The number of pyridine rings is 1. The highest BCUT2D eigenvalue weighted by Gasteiger charge is 2.18. The predicted molar refractivity (Wildman–Crippen MR) is 94.3 cm³/mol. The van der Waals surface area contributed by atoms with E-state index in [2.05, 4.69) is 10.3 Å². The molecule has 1 aromatic heterocycles. The molecule has 1 N–H and O–H groups in total. The van der Waals surface area contributed by atoms with Crippen LogP contribution in [0, 0.1) is 0 Å². The van der Waals surface area contributed by atoms with Crippen LogP contribution in [-0.2, 0) is 21.4 Å². The Morgan fingerprint density at radius 3 is 2.58 bits per heavy atom. The van der Waals surface area contributed by atoms with Gasteiger partial charge in [-0.25, -0.2) is 8.42 Å². The molecule has 1 amide bonds. The first-order valence-electron chi connectivity index (χ1n) is 7.25. The molecule has 128 valence electrons. The quantitative estimate of drug-likeness (QED) is 0.813. The van der Waals surface area contributed by atoms with Crippen molar-refractivity contribution in [1.29, 1.82) is 0 Å². The van der Waals surface area contributed by atoms with Crippen LogP contribution in [0.3, 0.4) is 0 Å². The van der Waals surface area contributed by atoms with E-state index in [0.29, 0.717) is 17.3 Å². The Kier molecular flexibility index (Phi) is 6.16. The Hall–Kier alpha value is -2.12. The number of hydrogen-bond acceptors (Lipinski definition) is 4. The fraction of sp³-hybridized carbons (Fsp3) is 0.250. The minimum Gasteiger partial charge on any atom is -0.352 e. The molecule has 0 fully saturated rings. The maximum absolute atomic E-state index is 12.0. The van der Waals surface area contributed by atoms with Crippen molar-refractivity contribution < 1.29 is 13.2 Å². The molecule has 0 aliphatic heterocycles. The molecule has 0 saturated carbocycles. The molecule has 2 aromatic rings. The highest BCUT2D eigenvalue weighted by molar-refractivity contribution is 7.92. The van der Waals surface area contributed by atoms with Gasteiger partial charge in [0.05, 0.1) is 11.9 Å². The largest absolute Gasteiger partial charge is 0.352 e. The van der Waals surface area contributed by atoms with Gasteiger partial charge in [-0.1, -0.05) is 17.7 Å². The molecule has 8 heteroatoms. The average Bonchev–Trinajstić information content (AvgIpc) is 2.53. The number of carbonyl (C=O) groups excluding carboxylic acids is 1. The molecule has 2 rings (SSSR count). The maximum atomic E-state index is 12.0. The van der Waals surface area contributed by atoms with Crippen LogP contribution in [0.5, 0.6) is 0 Å². The second kappa shape index (κ2) is 8.12. The van der Waals surface area contributed by atoms with Crippen molar-refractivity contribution >= 4 is 33.2 Å². The van der Waals surface area contributed by atoms with Gasteiger partial charge in [-0.2, -0.15) is 0 Å². The highest BCUT2D eigenvalue weighted by Crippen LogP contribution is 2.21. The van der Waals surface area contributed by atoms with E-state index in [4.69, 9.17) is 11.6 Å². The number of sulfonamides is 1. The molecule has 0 bridgehead atoms. The van der Waals surface area contributed by atoms with Crippen LogP contribution in [-0.4, -0.2) is 32.1 Å². The number of carbonyl (C=O) groups is 1. The molecule has 1 heterocycles. The third-order valence-electron chi connectivity index (χ3n) is 3.28. The summed E-state index contributed by atoms with van der Waals surface area (Å²) in [6.07, 6.45) is 4.44. The van der Waals surface area contributed by atoms with E-state index in [1.54, 1.807) is 48.8 Å². The smallest absolute Gasteiger partial charge is 0.232 e. The molecule has 0 unspecified atom stereocenters. The topological polar surface area (TPSA) is 79.4 Å². The lowest BCUT2D eigenvalue weighted by molar-refractivity contribution is -0.121. The molecular formula is C16H18ClN3O3S. The first-order valence-corrected chi connectivity index (χ1v) is 9.48. The van der Waals surface area contributed by atoms with E-state index >= 15 is 0 Å². The number of benzene rings is 1. The van der Waals surface area contributed by atoms with Gasteiger partial charge in [-0.05, 0) is 35.9 Å². The van der Waals surface area contributed by atoms with E-state index in [1.165, 1.54) is 4.31 Å². The van der Waals surface area contributed by atoms with E-state index in [9.17, 15) is 13.2 Å². The first-order chi connectivity index (χ1) is 11.4. The zero-order chi connectivity index (χ0) is 17.6. The van der Waals surface area contributed by atoms with Crippen LogP contribution in [0.15, 0.2) is 48.8 Å². The number of anilines is 1. The lowest BCUT2D eigenvalue weighted by Crippen LogP contribution is -2.34. The summed E-state index contributed by atoms with van der Waals surface area (Å²) in [6, 6.07) is 10.1. The molecule has 1 aromatic carbocycles. The Morgan fingerprint density at radius 2 is 1.96 bits per heavy atom. The summed E-state index contributed by atoms with van der Waals surface area (Å²) in [7, 11) is -3.51. The number of hydrogen-bond donors (Lipinski definition) is 1. The fourth-order valence-corrected chi connectivity index (χ4v) is 3.21. The second-order valence-corrected chi connectivity index (χ2v) is 7.54. The predicted octanol–water partition coefficient (Wildman–Crippen LogP) is 2.21. The van der Waals surface area contributed by atoms with Gasteiger partial charge in [-0.3, -0.25) is 14.1 Å². The SMILES string of the molecule is CS(=O)(=O)N(CCC(=O)NCc1ccncc1)c1cccc(Cl)c1. The zero-order valence-electron chi connectivity index (χ0n) is 13.1. The second-order valence-electron chi connectivity index (χ2n) is 5.20. The number of nitrogens with one attached hydrogen (secondary N) is 1. The molecule has 6 nitrogen and oxygen atoms in total. The third-order valence-corrected chi connectivity index (χ3v) is 4.71. The maximum Gasteiger partial charge on any atom is 0.232 e. The van der Waals surface area contributed by atoms with E-state index < -0.39 is 10.0 Å². The molecule has 0 aliphatic rings. The third kappa shape index (κ3) is 5.50. The lowest BCUT2D eigenvalue weighted by Gasteiger charge is -2.22. The van der Waals surface area contributed by atoms with Crippen molar-refractivity contribution in [3.8, 4) is 0 Å². The summed E-state index contributed by atoms with van der Waals surface area (Å²) in [4.78, 5) is 15.9. The molecule has 0 radical (unpaired) electrons. The van der Waals surface area contributed by atoms with Gasteiger partial charge in [0.25, 0.3) is 0 Å². The lowest BCUT2D eigenvalue weighted by atomic mass is 10.2. The Labute approximate surface area is 146 Å². The molecule has 0 aliphatic carbocycles. The summed E-state index contributed by atoms with van der Waals surface area (Å²) in [5, 5.41) is 3.19. The van der Waals surface area contributed by atoms with Crippen molar-refractivity contribution in [2.75, 3.05) is 17.1 Å². The summed E-state index contributed by atoms with van der Waals surface area (Å²) in [6.45, 7) is 0.415. The number of rotatable bonds is 7. The first kappa shape index (κ1) is 18.2. The van der Waals surface area contributed by atoms with Gasteiger partial charge in [0, 0.05) is 36.9 Å². The van der Waals surface area contributed by atoms with E-state index in [-0.39, 0.29) is 18.9 Å². The van der Waals surface area contributed by atoms with Crippen molar-refractivity contribution in [2.24, 2.45) is 0 Å². The highest BCUT2D eigenvalue weighted by atomic mass is 35.5. The Balaban J connectivity index is 1.97. The van der Waals surface area contributed by atoms with Gasteiger partial charge in [0.1, 0.15) is 0 Å². The Bertz CT molecular complexity index is 797. The minimum absolute atomic E-state index is 0.0430. The van der Waals surface area contributed by atoms with Crippen molar-refractivity contribution in [2.45, 2.75) is 13.0 Å². The van der Waals surface area contributed by atoms with E-state index in [0.717, 1.165) is 11.8 Å². The number of nitrogens with zero attached hydrogens (tertiary/aromatic N) is 2. The Morgan fingerprint density at radius 1 is 1.25 bits per heavy atom. The number of halogens is 1. The summed E-state index contributed by atoms with van der Waals surface area (Å²) in [5.74, 6) is -0.234. The van der Waals surface area contributed by atoms with Crippen molar-refractivity contribution in [3.05, 3.63) is 59.4 Å². The minimum atomic E-state index is -3.51. The number of amides is 1. The van der Waals surface area contributed by atoms with Gasteiger partial charge < -0.3 is 5.32 Å². The van der Waals surface area contributed by atoms with Crippen LogP contribution in [0.25, 0.3) is 0 Å². The average molecular weight is 368 g/mol. The van der Waals surface area contributed by atoms with Gasteiger partial charge in [-0.15, -0.1) is 0 Å². The van der Waals surface area contributed by atoms with Crippen molar-refractivity contribution in [1.82, 2.24) is 10.3 Å². The van der Waals surface area contributed by atoms with Crippen molar-refractivity contribution in [3.63, 3.8) is 0 Å². The molecule has 0 atom stereocenters. The molecule has 0 spiro atoms. The molecular weight excluding hydrogens is 350 g/mol. The molecule has 0 saturated heterocycles. The fourth-order valence-electron chi connectivity index (χ4n) is 2.11. The zero-order valence-corrected chi connectivity index (χ0v) is 14.7. The van der Waals surface area contributed by atoms with Gasteiger partial charge >= 0.3 is 0 Å². The number of aromatic nitrogens is 1. The van der Waals surface area contributed by atoms with Crippen LogP contribution >= 0.6 is 11.6 Å². The monoisotopic (exact) mass is 367 g/mol. The summed E-state index contributed by atoms with van der Waals surface area (Å²) >= 11 is 5.91. The van der Waals surface area contributed by atoms with E-state index in [1.807, 2.05) is 0 Å².